The zero-order valence-corrected chi connectivity index (χ0v) is 22.0. The number of hydrogen-bond acceptors (Lipinski definition) is 2. The van der Waals surface area contributed by atoms with Gasteiger partial charge in [-0.05, 0) is 69.1 Å². The van der Waals surface area contributed by atoms with Crippen LogP contribution in [-0.4, -0.2) is 0 Å². The lowest BCUT2D eigenvalue weighted by Crippen LogP contribution is -1.96. The van der Waals surface area contributed by atoms with Crippen molar-refractivity contribution < 1.29 is 0 Å². The summed E-state index contributed by atoms with van der Waals surface area (Å²) < 4.78 is 0. The second kappa shape index (κ2) is 10.4. The first kappa shape index (κ1) is 23.8. The monoisotopic (exact) mass is 512 g/mol. The Morgan fingerprint density at radius 3 is 1.10 bits per heavy atom. The van der Waals surface area contributed by atoms with Gasteiger partial charge >= 0.3 is 0 Å². The van der Waals surface area contributed by atoms with E-state index in [4.69, 9.17) is 0 Å². The van der Waals surface area contributed by atoms with E-state index in [0.717, 1.165) is 22.7 Å². The highest BCUT2D eigenvalue weighted by Crippen LogP contribution is 2.37. The molecule has 0 saturated carbocycles. The maximum Gasteiger partial charge on any atom is 0.0464 e. The first-order chi connectivity index (χ1) is 19.8. The van der Waals surface area contributed by atoms with E-state index in [1.165, 1.54) is 43.8 Å². The molecule has 7 aromatic carbocycles. The molecule has 0 amide bonds. The predicted molar refractivity (Wildman–Crippen MR) is 172 cm³/mol. The molecule has 7 aromatic rings. The van der Waals surface area contributed by atoms with Crippen molar-refractivity contribution in [2.24, 2.45) is 0 Å². The summed E-state index contributed by atoms with van der Waals surface area (Å²) in [5.74, 6) is 0. The summed E-state index contributed by atoms with van der Waals surface area (Å²) in [4.78, 5) is 0. The fraction of sp³-hybridized carbons (Fsp3) is 0. The second-order valence-corrected chi connectivity index (χ2v) is 9.97. The standard InChI is InChI=1S/C38H28N2/c1-3-15-31-27(11-1)13-9-19-33(31)35-17-5-7-21-37(35)39-29-23-25-30(26-24-29)40-38-22-8-6-18-36(38)34-20-10-14-28-12-2-4-16-32(28)34/h1-26,39-40H. The zero-order valence-electron chi connectivity index (χ0n) is 22.0. The Labute approximate surface area is 234 Å². The van der Waals surface area contributed by atoms with Crippen molar-refractivity contribution >= 4 is 44.3 Å². The minimum Gasteiger partial charge on any atom is -0.355 e. The number of fused-ring (bicyclic) bond motifs is 2. The minimum absolute atomic E-state index is 1.04. The summed E-state index contributed by atoms with van der Waals surface area (Å²) in [5, 5.41) is 12.3. The van der Waals surface area contributed by atoms with Gasteiger partial charge in [0.25, 0.3) is 0 Å². The van der Waals surface area contributed by atoms with Gasteiger partial charge in [-0.2, -0.15) is 0 Å². The van der Waals surface area contributed by atoms with Crippen molar-refractivity contribution in [2.45, 2.75) is 0 Å². The molecule has 0 aromatic heterocycles. The van der Waals surface area contributed by atoms with Gasteiger partial charge in [0.1, 0.15) is 0 Å². The molecule has 0 bridgehead atoms. The Bertz CT molecular complexity index is 1800. The van der Waals surface area contributed by atoms with E-state index in [0.29, 0.717) is 0 Å². The number of rotatable bonds is 6. The van der Waals surface area contributed by atoms with Crippen molar-refractivity contribution in [2.75, 3.05) is 10.6 Å². The molecule has 2 heteroatoms. The fourth-order valence-electron chi connectivity index (χ4n) is 5.52. The highest BCUT2D eigenvalue weighted by atomic mass is 14.9. The van der Waals surface area contributed by atoms with Crippen molar-refractivity contribution in [1.29, 1.82) is 0 Å². The lowest BCUT2D eigenvalue weighted by molar-refractivity contribution is 1.51. The summed E-state index contributed by atoms with van der Waals surface area (Å²) in [7, 11) is 0. The number of nitrogens with one attached hydrogen (secondary N) is 2. The van der Waals surface area contributed by atoms with E-state index < -0.39 is 0 Å². The molecule has 0 radical (unpaired) electrons. The molecule has 0 aliphatic rings. The lowest BCUT2D eigenvalue weighted by atomic mass is 9.97. The molecule has 40 heavy (non-hydrogen) atoms. The molecule has 2 nitrogen and oxygen atoms in total. The number of para-hydroxylation sites is 2. The molecule has 0 saturated heterocycles. The highest BCUT2D eigenvalue weighted by molar-refractivity contribution is 6.01. The number of hydrogen-bond donors (Lipinski definition) is 2. The molecule has 190 valence electrons. The van der Waals surface area contributed by atoms with Gasteiger partial charge in [-0.15, -0.1) is 0 Å². The highest BCUT2D eigenvalue weighted by Gasteiger charge is 2.10. The SMILES string of the molecule is c1ccc(-c2cccc3ccccc23)c(Nc2ccc(Nc3ccccc3-c3cccc4ccccc34)cc2)c1. The Kier molecular flexibility index (Phi) is 6.20. The van der Waals surface area contributed by atoms with Crippen LogP contribution in [0.3, 0.4) is 0 Å². The first-order valence-corrected chi connectivity index (χ1v) is 13.6. The quantitative estimate of drug-likeness (QED) is 0.231. The van der Waals surface area contributed by atoms with E-state index in [9.17, 15) is 0 Å². The maximum absolute atomic E-state index is 3.66. The smallest absolute Gasteiger partial charge is 0.0464 e. The molecule has 0 aliphatic heterocycles. The average Bonchev–Trinajstić information content (AvgIpc) is 3.02. The van der Waals surface area contributed by atoms with Gasteiger partial charge in [-0.3, -0.25) is 0 Å². The van der Waals surface area contributed by atoms with Crippen LogP contribution in [0.4, 0.5) is 22.7 Å². The Morgan fingerprint density at radius 1 is 0.275 bits per heavy atom. The minimum atomic E-state index is 1.04. The average molecular weight is 513 g/mol. The van der Waals surface area contributed by atoms with Crippen molar-refractivity contribution in [3.05, 3.63) is 158 Å². The normalized spacial score (nSPS) is 11.0. The molecular formula is C38H28N2. The third-order valence-corrected chi connectivity index (χ3v) is 7.46. The number of benzene rings is 7. The molecule has 2 N–H and O–H groups in total. The fourth-order valence-corrected chi connectivity index (χ4v) is 5.52. The molecule has 0 fully saturated rings. The molecule has 7 rings (SSSR count). The maximum atomic E-state index is 3.66. The molecule has 0 spiro atoms. The van der Waals surface area contributed by atoms with Crippen LogP contribution < -0.4 is 10.6 Å². The van der Waals surface area contributed by atoms with Gasteiger partial charge < -0.3 is 10.6 Å². The van der Waals surface area contributed by atoms with Gasteiger partial charge in [-0.25, -0.2) is 0 Å². The molecule has 0 unspecified atom stereocenters. The summed E-state index contributed by atoms with van der Waals surface area (Å²) in [6.45, 7) is 0. The summed E-state index contributed by atoms with van der Waals surface area (Å²) in [6, 6.07) is 55.6. The summed E-state index contributed by atoms with van der Waals surface area (Å²) in [5.41, 5.74) is 9.08. The third-order valence-electron chi connectivity index (χ3n) is 7.46. The van der Waals surface area contributed by atoms with Crippen molar-refractivity contribution in [3.63, 3.8) is 0 Å². The van der Waals surface area contributed by atoms with Crippen LogP contribution in [0.25, 0.3) is 43.8 Å². The van der Waals surface area contributed by atoms with Gasteiger partial charge in [0.15, 0.2) is 0 Å². The lowest BCUT2D eigenvalue weighted by Gasteiger charge is -2.16. The van der Waals surface area contributed by atoms with Gasteiger partial charge in [0.05, 0.1) is 0 Å². The topological polar surface area (TPSA) is 24.1 Å². The molecule has 0 heterocycles. The van der Waals surface area contributed by atoms with Crippen LogP contribution in [0.2, 0.25) is 0 Å². The van der Waals surface area contributed by atoms with E-state index in [1.807, 2.05) is 0 Å². The van der Waals surface area contributed by atoms with E-state index >= 15 is 0 Å². The van der Waals surface area contributed by atoms with Crippen LogP contribution in [0, 0.1) is 0 Å². The van der Waals surface area contributed by atoms with E-state index in [-0.39, 0.29) is 0 Å². The van der Waals surface area contributed by atoms with Crippen LogP contribution in [-0.2, 0) is 0 Å². The van der Waals surface area contributed by atoms with E-state index in [2.05, 4.69) is 168 Å². The summed E-state index contributed by atoms with van der Waals surface area (Å²) >= 11 is 0. The van der Waals surface area contributed by atoms with Crippen molar-refractivity contribution in [3.8, 4) is 22.3 Å². The predicted octanol–water partition coefficient (Wildman–Crippen LogP) is 10.8. The first-order valence-electron chi connectivity index (χ1n) is 13.6. The summed E-state index contributed by atoms with van der Waals surface area (Å²) in [6.07, 6.45) is 0. The van der Waals surface area contributed by atoms with E-state index in [1.54, 1.807) is 0 Å². The van der Waals surface area contributed by atoms with Crippen LogP contribution in [0.5, 0.6) is 0 Å². The van der Waals surface area contributed by atoms with Crippen molar-refractivity contribution in [1.82, 2.24) is 0 Å². The largest absolute Gasteiger partial charge is 0.355 e. The number of anilines is 4. The Morgan fingerprint density at radius 2 is 0.625 bits per heavy atom. The molecule has 0 aliphatic carbocycles. The Balaban J connectivity index is 1.17. The van der Waals surface area contributed by atoms with Gasteiger partial charge in [0.2, 0.25) is 0 Å². The molecule has 0 atom stereocenters. The Hall–Kier alpha value is -5.34. The van der Waals surface area contributed by atoms with Crippen LogP contribution >= 0.6 is 0 Å². The van der Waals surface area contributed by atoms with Gasteiger partial charge in [-0.1, -0.05) is 121 Å². The second-order valence-electron chi connectivity index (χ2n) is 9.97. The van der Waals surface area contributed by atoms with Gasteiger partial charge in [0, 0.05) is 33.9 Å². The van der Waals surface area contributed by atoms with Crippen LogP contribution in [0.1, 0.15) is 0 Å². The zero-order chi connectivity index (χ0) is 26.7. The molecular weight excluding hydrogens is 484 g/mol. The third kappa shape index (κ3) is 4.57. The van der Waals surface area contributed by atoms with Crippen LogP contribution in [0.15, 0.2) is 158 Å².